The van der Waals surface area contributed by atoms with E-state index in [9.17, 15) is 0 Å². The van der Waals surface area contributed by atoms with Gasteiger partial charge < -0.3 is 5.32 Å². The molecule has 3 rings (SSSR count). The third kappa shape index (κ3) is 3.03. The van der Waals surface area contributed by atoms with E-state index in [2.05, 4.69) is 25.7 Å². The van der Waals surface area contributed by atoms with Crippen LogP contribution in [-0.4, -0.2) is 20.4 Å². The molecule has 0 amide bonds. The highest BCUT2D eigenvalue weighted by Gasteiger charge is 2.10. The number of aryl methyl sites for hydroxylation is 1. The van der Waals surface area contributed by atoms with Crippen molar-refractivity contribution in [1.29, 1.82) is 0 Å². The molecule has 0 aliphatic heterocycles. The van der Waals surface area contributed by atoms with Gasteiger partial charge in [0.1, 0.15) is 16.5 Å². The smallest absolute Gasteiger partial charge is 0.129 e. The second-order valence-corrected chi connectivity index (χ2v) is 4.99. The average Bonchev–Trinajstić information content (AvgIpc) is 2.96. The number of nitrogens with zero attached hydrogens (tertiary/aromatic N) is 3. The summed E-state index contributed by atoms with van der Waals surface area (Å²) in [6, 6.07) is 13.6. The van der Waals surface area contributed by atoms with Gasteiger partial charge >= 0.3 is 0 Å². The van der Waals surface area contributed by atoms with Crippen LogP contribution in [0.2, 0.25) is 5.15 Å². The summed E-state index contributed by atoms with van der Waals surface area (Å²) in [5.74, 6) is 0. The zero-order valence-electron chi connectivity index (χ0n) is 11.5. The van der Waals surface area contributed by atoms with Gasteiger partial charge in [0.15, 0.2) is 0 Å². The lowest BCUT2D eigenvalue weighted by molar-refractivity contribution is 0.910. The van der Waals surface area contributed by atoms with E-state index >= 15 is 0 Å². The fraction of sp³-hybridized carbons (Fsp3) is 0.133. The third-order valence-corrected chi connectivity index (χ3v) is 3.38. The number of halogens is 1. The van der Waals surface area contributed by atoms with Crippen LogP contribution in [0.15, 0.2) is 42.5 Å². The van der Waals surface area contributed by atoms with E-state index < -0.39 is 0 Å². The van der Waals surface area contributed by atoms with Crippen LogP contribution < -0.4 is 5.32 Å². The van der Waals surface area contributed by atoms with Gasteiger partial charge in [0.25, 0.3) is 0 Å². The van der Waals surface area contributed by atoms with Crippen LogP contribution in [0.3, 0.4) is 0 Å². The number of hydrogen-bond acceptors (Lipinski definition) is 4. The molecule has 106 valence electrons. The number of aromatic amines is 1. The molecule has 0 radical (unpaired) electrons. The first-order valence-electron chi connectivity index (χ1n) is 6.56. The molecule has 5 nitrogen and oxygen atoms in total. The Balaban J connectivity index is 1.79. The van der Waals surface area contributed by atoms with Crippen LogP contribution in [0, 0.1) is 6.92 Å². The van der Waals surface area contributed by atoms with Gasteiger partial charge in [-0.3, -0.25) is 0 Å². The first kappa shape index (κ1) is 13.6. The Morgan fingerprint density at radius 1 is 1.10 bits per heavy atom. The van der Waals surface area contributed by atoms with Gasteiger partial charge in [0.05, 0.1) is 17.9 Å². The lowest BCUT2D eigenvalue weighted by Gasteiger charge is -2.08. The molecular formula is C15H14ClN5. The number of nitrogens with one attached hydrogen (secondary N) is 2. The van der Waals surface area contributed by atoms with Crippen molar-refractivity contribution in [2.24, 2.45) is 0 Å². The van der Waals surface area contributed by atoms with Crippen molar-refractivity contribution >= 4 is 17.3 Å². The summed E-state index contributed by atoms with van der Waals surface area (Å²) in [5.41, 5.74) is 4.53. The van der Waals surface area contributed by atoms with Gasteiger partial charge in [-0.05, 0) is 19.1 Å². The molecule has 0 atom stereocenters. The Morgan fingerprint density at radius 2 is 1.90 bits per heavy atom. The highest BCUT2D eigenvalue weighted by atomic mass is 35.5. The normalized spacial score (nSPS) is 10.6. The lowest BCUT2D eigenvalue weighted by atomic mass is 10.1. The zero-order valence-corrected chi connectivity index (χ0v) is 12.2. The minimum absolute atomic E-state index is 0.490. The maximum Gasteiger partial charge on any atom is 0.129 e. The molecule has 0 fully saturated rings. The fourth-order valence-electron chi connectivity index (χ4n) is 2.10. The summed E-state index contributed by atoms with van der Waals surface area (Å²) >= 11 is 5.86. The van der Waals surface area contributed by atoms with Crippen LogP contribution in [0.1, 0.15) is 11.4 Å². The highest BCUT2D eigenvalue weighted by molar-refractivity contribution is 6.29. The maximum absolute atomic E-state index is 5.86. The van der Waals surface area contributed by atoms with Crippen LogP contribution in [-0.2, 0) is 6.54 Å². The molecule has 3 aromatic rings. The van der Waals surface area contributed by atoms with Crippen molar-refractivity contribution in [2.45, 2.75) is 13.5 Å². The van der Waals surface area contributed by atoms with Gasteiger partial charge in [0, 0.05) is 5.56 Å². The Morgan fingerprint density at radius 3 is 2.67 bits per heavy atom. The molecular weight excluding hydrogens is 286 g/mol. The second-order valence-electron chi connectivity index (χ2n) is 4.61. The molecule has 2 heterocycles. The van der Waals surface area contributed by atoms with Crippen LogP contribution in [0.25, 0.3) is 11.3 Å². The molecule has 6 heteroatoms. The molecule has 2 N–H and O–H groups in total. The summed E-state index contributed by atoms with van der Waals surface area (Å²) in [7, 11) is 0. The van der Waals surface area contributed by atoms with Crippen molar-refractivity contribution < 1.29 is 0 Å². The molecule has 0 aliphatic carbocycles. The Bertz CT molecular complexity index is 739. The standard InChI is InChI=1S/C15H14ClN5/c1-10-12(7-8-14(16)18-10)17-9-13-15(20-21-19-13)11-5-3-2-4-6-11/h2-8,17H,9H2,1H3,(H,19,20,21). The highest BCUT2D eigenvalue weighted by Crippen LogP contribution is 2.21. The number of rotatable bonds is 4. The molecule has 2 aromatic heterocycles. The monoisotopic (exact) mass is 299 g/mol. The molecule has 0 bridgehead atoms. The predicted molar refractivity (Wildman–Crippen MR) is 83.1 cm³/mol. The fourth-order valence-corrected chi connectivity index (χ4v) is 2.29. The van der Waals surface area contributed by atoms with Crippen LogP contribution >= 0.6 is 11.6 Å². The minimum Gasteiger partial charge on any atom is -0.378 e. The summed E-state index contributed by atoms with van der Waals surface area (Å²) in [4.78, 5) is 4.21. The quantitative estimate of drug-likeness (QED) is 0.724. The molecule has 1 aromatic carbocycles. The number of H-pyrrole nitrogens is 1. The van der Waals surface area contributed by atoms with Crippen molar-refractivity contribution in [1.82, 2.24) is 20.4 Å². The van der Waals surface area contributed by atoms with E-state index in [1.54, 1.807) is 6.07 Å². The van der Waals surface area contributed by atoms with E-state index in [1.165, 1.54) is 0 Å². The van der Waals surface area contributed by atoms with E-state index in [4.69, 9.17) is 11.6 Å². The number of hydrogen-bond donors (Lipinski definition) is 2. The zero-order chi connectivity index (χ0) is 14.7. The SMILES string of the molecule is Cc1nc(Cl)ccc1NCc1n[nH]nc1-c1ccccc1. The third-order valence-electron chi connectivity index (χ3n) is 3.17. The van der Waals surface area contributed by atoms with E-state index in [0.29, 0.717) is 11.7 Å². The first-order chi connectivity index (χ1) is 10.2. The number of pyridine rings is 1. The van der Waals surface area contributed by atoms with Gasteiger partial charge in [0.2, 0.25) is 0 Å². The second kappa shape index (κ2) is 5.93. The van der Waals surface area contributed by atoms with Gasteiger partial charge in [-0.1, -0.05) is 41.9 Å². The molecule has 0 saturated heterocycles. The van der Waals surface area contributed by atoms with Crippen molar-refractivity contribution in [2.75, 3.05) is 5.32 Å². The van der Waals surface area contributed by atoms with Crippen molar-refractivity contribution in [3.8, 4) is 11.3 Å². The summed E-state index contributed by atoms with van der Waals surface area (Å²) in [5, 5.41) is 14.9. The van der Waals surface area contributed by atoms with Crippen LogP contribution in [0.5, 0.6) is 0 Å². The number of benzene rings is 1. The predicted octanol–water partition coefficient (Wildman–Crippen LogP) is 3.44. The Hall–Kier alpha value is -2.40. The van der Waals surface area contributed by atoms with Crippen molar-refractivity contribution in [3.63, 3.8) is 0 Å². The maximum atomic E-state index is 5.86. The topological polar surface area (TPSA) is 66.5 Å². The number of aromatic nitrogens is 4. The van der Waals surface area contributed by atoms with Gasteiger partial charge in [-0.25, -0.2) is 4.98 Å². The molecule has 21 heavy (non-hydrogen) atoms. The lowest BCUT2D eigenvalue weighted by Crippen LogP contribution is -2.03. The molecule has 0 unspecified atom stereocenters. The summed E-state index contributed by atoms with van der Waals surface area (Å²) < 4.78 is 0. The first-order valence-corrected chi connectivity index (χ1v) is 6.94. The Labute approximate surface area is 127 Å². The molecule has 0 aliphatic rings. The van der Waals surface area contributed by atoms with Crippen molar-refractivity contribution in [3.05, 3.63) is 59.0 Å². The summed E-state index contributed by atoms with van der Waals surface area (Å²) in [6.45, 7) is 2.47. The van der Waals surface area contributed by atoms with Gasteiger partial charge in [-0.15, -0.1) is 0 Å². The molecule has 0 spiro atoms. The van der Waals surface area contributed by atoms with E-state index in [0.717, 1.165) is 28.3 Å². The largest absolute Gasteiger partial charge is 0.378 e. The van der Waals surface area contributed by atoms with Crippen LogP contribution in [0.4, 0.5) is 5.69 Å². The average molecular weight is 300 g/mol. The summed E-state index contributed by atoms with van der Waals surface area (Å²) in [6.07, 6.45) is 0. The van der Waals surface area contributed by atoms with E-state index in [1.807, 2.05) is 43.3 Å². The number of anilines is 1. The molecule has 0 saturated carbocycles. The van der Waals surface area contributed by atoms with E-state index in [-0.39, 0.29) is 0 Å². The van der Waals surface area contributed by atoms with Gasteiger partial charge in [-0.2, -0.15) is 15.4 Å². The Kier molecular flexibility index (Phi) is 3.83. The minimum atomic E-state index is 0.490.